The molecule has 0 spiro atoms. The van der Waals surface area contributed by atoms with Gasteiger partial charge in [-0.15, -0.1) is 0 Å². The summed E-state index contributed by atoms with van der Waals surface area (Å²) in [5.41, 5.74) is -0.418. The average Bonchev–Trinajstić information content (AvgIpc) is 2.38. The van der Waals surface area contributed by atoms with Crippen LogP contribution < -0.4 is 4.72 Å². The van der Waals surface area contributed by atoms with E-state index in [1.807, 2.05) is 4.72 Å². The molecule has 0 fully saturated rings. The molecule has 0 unspecified atom stereocenters. The molecule has 1 N–H and O–H groups in total. The van der Waals surface area contributed by atoms with Gasteiger partial charge < -0.3 is 0 Å². The Balaban J connectivity index is 2.45. The number of hydrogen-bond acceptors (Lipinski definition) is 2. The topological polar surface area (TPSA) is 46.2 Å². The van der Waals surface area contributed by atoms with E-state index in [1.54, 1.807) is 6.07 Å². The van der Waals surface area contributed by atoms with Gasteiger partial charge in [-0.1, -0.05) is 15.9 Å². The third kappa shape index (κ3) is 3.58. The van der Waals surface area contributed by atoms with Crippen molar-refractivity contribution < 1.29 is 21.6 Å². The van der Waals surface area contributed by atoms with Crippen LogP contribution in [0.4, 0.5) is 18.9 Å². The SMILES string of the molecule is O=S(=O)(Nc1cc(F)c(F)c(F)c1)c1cc(Br)ccc1Br. The second-order valence-electron chi connectivity index (χ2n) is 3.93. The molecule has 21 heavy (non-hydrogen) atoms. The van der Waals surface area contributed by atoms with Gasteiger partial charge in [-0.3, -0.25) is 4.72 Å². The number of nitrogens with one attached hydrogen (secondary N) is 1. The van der Waals surface area contributed by atoms with Crippen LogP contribution in [0.1, 0.15) is 0 Å². The van der Waals surface area contributed by atoms with Gasteiger partial charge in [0.15, 0.2) is 17.5 Å². The summed E-state index contributed by atoms with van der Waals surface area (Å²) in [6.07, 6.45) is 0. The Morgan fingerprint density at radius 2 is 1.52 bits per heavy atom. The highest BCUT2D eigenvalue weighted by Gasteiger charge is 2.20. The smallest absolute Gasteiger partial charge is 0.263 e. The Morgan fingerprint density at radius 1 is 0.952 bits per heavy atom. The molecule has 0 aliphatic rings. The lowest BCUT2D eigenvalue weighted by atomic mass is 10.3. The second-order valence-corrected chi connectivity index (χ2v) is 7.35. The van der Waals surface area contributed by atoms with Crippen LogP contribution in [0.5, 0.6) is 0 Å². The minimum Gasteiger partial charge on any atom is -0.279 e. The van der Waals surface area contributed by atoms with Crippen LogP contribution in [-0.4, -0.2) is 8.42 Å². The van der Waals surface area contributed by atoms with E-state index in [1.165, 1.54) is 12.1 Å². The molecule has 2 rings (SSSR count). The summed E-state index contributed by atoms with van der Waals surface area (Å²) in [6, 6.07) is 5.52. The Bertz CT molecular complexity index is 789. The number of halogens is 5. The maximum atomic E-state index is 13.1. The molecular weight excluding hydrogens is 439 g/mol. The van der Waals surface area contributed by atoms with Crippen molar-refractivity contribution in [3.8, 4) is 0 Å². The Kier molecular flexibility index (Phi) is 4.64. The van der Waals surface area contributed by atoms with Gasteiger partial charge in [0.05, 0.1) is 5.69 Å². The highest BCUT2D eigenvalue weighted by Crippen LogP contribution is 2.28. The van der Waals surface area contributed by atoms with E-state index in [0.717, 1.165) is 0 Å². The van der Waals surface area contributed by atoms with Crippen molar-refractivity contribution in [1.82, 2.24) is 0 Å². The van der Waals surface area contributed by atoms with Crippen molar-refractivity contribution in [2.45, 2.75) is 4.90 Å². The van der Waals surface area contributed by atoms with E-state index in [9.17, 15) is 21.6 Å². The Morgan fingerprint density at radius 3 is 2.10 bits per heavy atom. The molecule has 2 aromatic carbocycles. The van der Waals surface area contributed by atoms with Gasteiger partial charge in [0.2, 0.25) is 0 Å². The predicted octanol–water partition coefficient (Wildman–Crippen LogP) is 4.43. The number of hydrogen-bond donors (Lipinski definition) is 1. The minimum absolute atomic E-state index is 0.137. The Hall–Kier alpha value is -1.06. The lowest BCUT2D eigenvalue weighted by Crippen LogP contribution is -2.14. The third-order valence-electron chi connectivity index (χ3n) is 2.42. The molecule has 9 heteroatoms. The first-order valence-electron chi connectivity index (χ1n) is 5.33. The Labute approximate surface area is 135 Å². The molecule has 0 aliphatic carbocycles. The first-order valence-corrected chi connectivity index (χ1v) is 8.40. The quantitative estimate of drug-likeness (QED) is 0.712. The van der Waals surface area contributed by atoms with Crippen molar-refractivity contribution in [2.24, 2.45) is 0 Å². The molecule has 0 bridgehead atoms. The number of sulfonamides is 1. The summed E-state index contributed by atoms with van der Waals surface area (Å²) in [6.45, 7) is 0. The van der Waals surface area contributed by atoms with Crippen LogP contribution in [0.2, 0.25) is 0 Å². The average molecular weight is 445 g/mol. The van der Waals surface area contributed by atoms with Gasteiger partial charge in [0.1, 0.15) is 4.90 Å². The van der Waals surface area contributed by atoms with Crippen LogP contribution >= 0.6 is 31.9 Å². The fourth-order valence-corrected chi connectivity index (χ4v) is 4.05. The number of anilines is 1. The summed E-state index contributed by atoms with van der Waals surface area (Å²) < 4.78 is 66.1. The van der Waals surface area contributed by atoms with E-state index in [-0.39, 0.29) is 9.37 Å². The van der Waals surface area contributed by atoms with Gasteiger partial charge in [-0.05, 0) is 34.1 Å². The number of benzene rings is 2. The van der Waals surface area contributed by atoms with E-state index in [0.29, 0.717) is 16.6 Å². The largest absolute Gasteiger partial charge is 0.279 e. The van der Waals surface area contributed by atoms with Crippen molar-refractivity contribution in [1.29, 1.82) is 0 Å². The zero-order valence-corrected chi connectivity index (χ0v) is 14.0. The molecule has 2 aromatic rings. The van der Waals surface area contributed by atoms with Crippen LogP contribution in [0.15, 0.2) is 44.2 Å². The van der Waals surface area contributed by atoms with E-state index in [4.69, 9.17) is 0 Å². The molecule has 0 saturated carbocycles. The zero-order valence-electron chi connectivity index (χ0n) is 10.0. The lowest BCUT2D eigenvalue weighted by molar-refractivity contribution is 0.448. The standard InChI is InChI=1S/C12H6Br2F3NO2S/c13-6-1-2-8(14)11(3-6)21(19,20)18-7-4-9(15)12(17)10(16)5-7/h1-5,18H. The molecule has 0 aliphatic heterocycles. The van der Waals surface area contributed by atoms with Crippen molar-refractivity contribution in [2.75, 3.05) is 4.72 Å². The fourth-order valence-electron chi connectivity index (χ4n) is 1.51. The van der Waals surface area contributed by atoms with Crippen molar-refractivity contribution in [3.05, 3.63) is 56.7 Å². The molecule has 112 valence electrons. The molecule has 0 saturated heterocycles. The minimum atomic E-state index is -4.10. The molecule has 0 heterocycles. The molecular formula is C12H6Br2F3NO2S. The van der Waals surface area contributed by atoms with Crippen LogP contribution in [0.25, 0.3) is 0 Å². The van der Waals surface area contributed by atoms with Gasteiger partial charge in [-0.2, -0.15) is 0 Å². The molecule has 0 atom stereocenters. The molecule has 0 amide bonds. The van der Waals surface area contributed by atoms with Gasteiger partial charge in [-0.25, -0.2) is 21.6 Å². The first kappa shape index (κ1) is 16.3. The van der Waals surface area contributed by atoms with Crippen LogP contribution in [-0.2, 0) is 10.0 Å². The molecule has 0 radical (unpaired) electrons. The number of rotatable bonds is 3. The predicted molar refractivity (Wildman–Crippen MR) is 79.0 cm³/mol. The maximum absolute atomic E-state index is 13.1. The van der Waals surface area contributed by atoms with Gasteiger partial charge in [0.25, 0.3) is 10.0 Å². The van der Waals surface area contributed by atoms with E-state index < -0.39 is 33.2 Å². The summed E-state index contributed by atoms with van der Waals surface area (Å²) in [4.78, 5) is -0.137. The summed E-state index contributed by atoms with van der Waals surface area (Å²) in [5, 5.41) is 0. The fraction of sp³-hybridized carbons (Fsp3) is 0. The van der Waals surface area contributed by atoms with Crippen LogP contribution in [0.3, 0.4) is 0 Å². The molecule has 0 aromatic heterocycles. The highest BCUT2D eigenvalue weighted by atomic mass is 79.9. The van der Waals surface area contributed by atoms with E-state index in [2.05, 4.69) is 31.9 Å². The lowest BCUT2D eigenvalue weighted by Gasteiger charge is -2.10. The monoisotopic (exact) mass is 443 g/mol. The molecule has 3 nitrogen and oxygen atoms in total. The van der Waals surface area contributed by atoms with Gasteiger partial charge in [0, 0.05) is 21.1 Å². The summed E-state index contributed by atoms with van der Waals surface area (Å²) in [5.74, 6) is -4.64. The van der Waals surface area contributed by atoms with E-state index >= 15 is 0 Å². The first-order chi connectivity index (χ1) is 9.70. The zero-order chi connectivity index (χ0) is 15.8. The van der Waals surface area contributed by atoms with Crippen molar-refractivity contribution >= 4 is 47.6 Å². The summed E-state index contributed by atoms with van der Waals surface area (Å²) in [7, 11) is -4.10. The summed E-state index contributed by atoms with van der Waals surface area (Å²) >= 11 is 6.20. The van der Waals surface area contributed by atoms with Gasteiger partial charge >= 0.3 is 0 Å². The second kappa shape index (κ2) is 5.98. The normalized spacial score (nSPS) is 11.5. The third-order valence-corrected chi connectivity index (χ3v) is 5.29. The highest BCUT2D eigenvalue weighted by molar-refractivity contribution is 9.11. The maximum Gasteiger partial charge on any atom is 0.263 e. The van der Waals surface area contributed by atoms with Crippen LogP contribution in [0, 0.1) is 17.5 Å². The van der Waals surface area contributed by atoms with Crippen molar-refractivity contribution in [3.63, 3.8) is 0 Å².